The monoisotopic (exact) mass is 388 g/mol. The minimum atomic E-state index is -0.00906. The summed E-state index contributed by atoms with van der Waals surface area (Å²) in [4.78, 5) is 37.7. The second kappa shape index (κ2) is 8.33. The van der Waals surface area contributed by atoms with E-state index < -0.39 is 0 Å². The van der Waals surface area contributed by atoms with Crippen molar-refractivity contribution in [3.05, 3.63) is 27.4 Å². The molecule has 1 aliphatic carbocycles. The summed E-state index contributed by atoms with van der Waals surface area (Å²) in [5.41, 5.74) is 1.73. The predicted octanol–water partition coefficient (Wildman–Crippen LogP) is 1.67. The number of rotatable bonds is 3. The lowest BCUT2D eigenvalue weighted by Crippen LogP contribution is -2.44. The Hall–Kier alpha value is -1.73. The molecule has 7 nitrogen and oxygen atoms in total. The molecule has 0 aromatic carbocycles. The number of aromatic nitrogens is 2. The summed E-state index contributed by atoms with van der Waals surface area (Å²) in [6.07, 6.45) is 6.85. The Morgan fingerprint density at radius 2 is 2.07 bits per heavy atom. The number of piperidine rings is 1. The van der Waals surface area contributed by atoms with Crippen LogP contribution >= 0.6 is 0 Å². The highest BCUT2D eigenvalue weighted by molar-refractivity contribution is 5.79. The van der Waals surface area contributed by atoms with Gasteiger partial charge in [0.2, 0.25) is 5.91 Å². The molecule has 1 saturated carbocycles. The van der Waals surface area contributed by atoms with Gasteiger partial charge in [-0.3, -0.25) is 9.59 Å². The van der Waals surface area contributed by atoms with Gasteiger partial charge in [0.25, 0.3) is 5.56 Å². The molecule has 3 aliphatic rings. The van der Waals surface area contributed by atoms with E-state index in [1.165, 1.54) is 0 Å². The summed E-state index contributed by atoms with van der Waals surface area (Å²) in [5.74, 6) is 1.22. The van der Waals surface area contributed by atoms with E-state index in [2.05, 4.69) is 9.88 Å². The molecular formula is C21H32N4O3. The highest BCUT2D eigenvalue weighted by Gasteiger charge is 2.34. The van der Waals surface area contributed by atoms with Gasteiger partial charge in [0, 0.05) is 51.5 Å². The number of H-pyrrole nitrogens is 1. The Morgan fingerprint density at radius 1 is 1.21 bits per heavy atom. The molecule has 2 fully saturated rings. The van der Waals surface area contributed by atoms with Crippen molar-refractivity contribution in [2.75, 3.05) is 33.8 Å². The van der Waals surface area contributed by atoms with Gasteiger partial charge in [0.15, 0.2) is 0 Å². The SMILES string of the molecule is CO[C@@H]1CCC[C@@H](C(=O)N2CCC[C@@H](c3nc4c(c(=O)[nH]3)CN(C)CC4)C2)C1. The number of likely N-dealkylation sites (tertiary alicyclic amines) is 1. The number of aromatic amines is 1. The van der Waals surface area contributed by atoms with E-state index in [1.54, 1.807) is 7.11 Å². The third-order valence-corrected chi connectivity index (χ3v) is 6.71. The minimum absolute atomic E-state index is 0.00906. The molecule has 2 aliphatic heterocycles. The number of nitrogens with zero attached hydrogens (tertiary/aromatic N) is 3. The first-order valence-electron chi connectivity index (χ1n) is 10.7. The molecule has 154 valence electrons. The molecule has 1 N–H and O–H groups in total. The quantitative estimate of drug-likeness (QED) is 0.852. The Labute approximate surface area is 166 Å². The lowest BCUT2D eigenvalue weighted by Gasteiger charge is -2.37. The van der Waals surface area contributed by atoms with Gasteiger partial charge in [-0.2, -0.15) is 0 Å². The Balaban J connectivity index is 1.47. The zero-order valence-electron chi connectivity index (χ0n) is 17.1. The van der Waals surface area contributed by atoms with Crippen LogP contribution in [0.15, 0.2) is 4.79 Å². The molecule has 1 saturated heterocycles. The highest BCUT2D eigenvalue weighted by atomic mass is 16.5. The van der Waals surface area contributed by atoms with E-state index in [0.29, 0.717) is 13.1 Å². The molecule has 0 spiro atoms. The molecule has 0 unspecified atom stereocenters. The van der Waals surface area contributed by atoms with Gasteiger partial charge in [-0.1, -0.05) is 6.42 Å². The van der Waals surface area contributed by atoms with Crippen molar-refractivity contribution < 1.29 is 9.53 Å². The maximum absolute atomic E-state index is 13.1. The van der Waals surface area contributed by atoms with Gasteiger partial charge in [-0.05, 0) is 39.2 Å². The Morgan fingerprint density at radius 3 is 2.89 bits per heavy atom. The number of fused-ring (bicyclic) bond motifs is 1. The van der Waals surface area contributed by atoms with Gasteiger partial charge in [0.05, 0.1) is 17.4 Å². The van der Waals surface area contributed by atoms with Crippen molar-refractivity contribution >= 4 is 5.91 Å². The van der Waals surface area contributed by atoms with E-state index >= 15 is 0 Å². The Kier molecular flexibility index (Phi) is 5.83. The summed E-state index contributed by atoms with van der Waals surface area (Å²) < 4.78 is 5.50. The smallest absolute Gasteiger partial charge is 0.255 e. The largest absolute Gasteiger partial charge is 0.381 e. The van der Waals surface area contributed by atoms with E-state index in [4.69, 9.17) is 9.72 Å². The first kappa shape index (κ1) is 19.6. The average molecular weight is 389 g/mol. The van der Waals surface area contributed by atoms with E-state index in [-0.39, 0.29) is 29.4 Å². The molecule has 0 radical (unpaired) electrons. The highest BCUT2D eigenvalue weighted by Crippen LogP contribution is 2.31. The van der Waals surface area contributed by atoms with Crippen LogP contribution in [-0.2, 0) is 22.5 Å². The van der Waals surface area contributed by atoms with Crippen LogP contribution in [0.3, 0.4) is 0 Å². The number of likely N-dealkylation sites (N-methyl/N-ethyl adjacent to an activating group) is 1. The van der Waals surface area contributed by atoms with Crippen LogP contribution in [0.5, 0.6) is 0 Å². The molecular weight excluding hydrogens is 356 g/mol. The topological polar surface area (TPSA) is 78.5 Å². The van der Waals surface area contributed by atoms with Crippen molar-refractivity contribution in [2.45, 2.75) is 63.5 Å². The van der Waals surface area contributed by atoms with Crippen LogP contribution in [0.25, 0.3) is 0 Å². The van der Waals surface area contributed by atoms with Gasteiger partial charge in [-0.15, -0.1) is 0 Å². The van der Waals surface area contributed by atoms with Gasteiger partial charge in [-0.25, -0.2) is 4.98 Å². The first-order chi connectivity index (χ1) is 13.5. The molecule has 3 atom stereocenters. The number of hydrogen-bond donors (Lipinski definition) is 1. The van der Waals surface area contributed by atoms with Crippen molar-refractivity contribution in [3.63, 3.8) is 0 Å². The van der Waals surface area contributed by atoms with Crippen molar-refractivity contribution in [1.82, 2.24) is 19.8 Å². The Bertz CT molecular complexity index is 777. The van der Waals surface area contributed by atoms with Crippen molar-refractivity contribution in [1.29, 1.82) is 0 Å². The summed E-state index contributed by atoms with van der Waals surface area (Å²) in [6.45, 7) is 3.06. The molecule has 1 aromatic heterocycles. The zero-order valence-corrected chi connectivity index (χ0v) is 17.1. The second-order valence-electron chi connectivity index (χ2n) is 8.71. The average Bonchev–Trinajstić information content (AvgIpc) is 2.73. The minimum Gasteiger partial charge on any atom is -0.381 e. The molecule has 28 heavy (non-hydrogen) atoms. The van der Waals surface area contributed by atoms with E-state index in [1.807, 2.05) is 11.9 Å². The van der Waals surface area contributed by atoms with Crippen LogP contribution in [0, 0.1) is 5.92 Å². The molecule has 7 heteroatoms. The molecule has 1 amide bonds. The number of amides is 1. The van der Waals surface area contributed by atoms with Crippen LogP contribution < -0.4 is 5.56 Å². The number of ether oxygens (including phenoxy) is 1. The van der Waals surface area contributed by atoms with Crippen LogP contribution in [0.2, 0.25) is 0 Å². The lowest BCUT2D eigenvalue weighted by molar-refractivity contribution is -0.139. The lowest BCUT2D eigenvalue weighted by atomic mass is 9.85. The number of carbonyl (C=O) groups is 1. The molecule has 0 bridgehead atoms. The number of carbonyl (C=O) groups excluding carboxylic acids is 1. The fourth-order valence-electron chi connectivity index (χ4n) is 5.01. The third kappa shape index (κ3) is 4.01. The number of nitrogens with one attached hydrogen (secondary N) is 1. The molecule has 3 heterocycles. The normalized spacial score (nSPS) is 28.8. The standard InChI is InChI=1S/C21H32N4O3/c1-24-10-8-18-17(13-24)20(26)23-19(22-18)15-6-4-9-25(12-15)21(27)14-5-3-7-16(11-14)28-2/h14-16H,3-13H2,1-2H3,(H,22,23,26)/t14-,15-,16-/m1/s1. The summed E-state index contributed by atoms with van der Waals surface area (Å²) in [7, 11) is 3.77. The summed E-state index contributed by atoms with van der Waals surface area (Å²) in [6, 6.07) is 0. The maximum Gasteiger partial charge on any atom is 0.255 e. The van der Waals surface area contributed by atoms with Crippen LogP contribution in [-0.4, -0.2) is 65.6 Å². The first-order valence-corrected chi connectivity index (χ1v) is 10.7. The fraction of sp³-hybridized carbons (Fsp3) is 0.762. The van der Waals surface area contributed by atoms with Gasteiger partial charge >= 0.3 is 0 Å². The van der Waals surface area contributed by atoms with E-state index in [0.717, 1.165) is 75.1 Å². The van der Waals surface area contributed by atoms with Gasteiger partial charge < -0.3 is 19.5 Å². The molecule has 1 aromatic rings. The van der Waals surface area contributed by atoms with Crippen LogP contribution in [0.1, 0.15) is 61.5 Å². The second-order valence-corrected chi connectivity index (χ2v) is 8.71. The summed E-state index contributed by atoms with van der Waals surface area (Å²) in [5, 5.41) is 0. The summed E-state index contributed by atoms with van der Waals surface area (Å²) >= 11 is 0. The number of hydrogen-bond acceptors (Lipinski definition) is 5. The van der Waals surface area contributed by atoms with Crippen LogP contribution in [0.4, 0.5) is 0 Å². The van der Waals surface area contributed by atoms with Crippen molar-refractivity contribution in [2.24, 2.45) is 5.92 Å². The molecule has 4 rings (SSSR count). The fourth-order valence-corrected chi connectivity index (χ4v) is 5.01. The van der Waals surface area contributed by atoms with Crippen molar-refractivity contribution in [3.8, 4) is 0 Å². The maximum atomic E-state index is 13.1. The number of methoxy groups -OCH3 is 1. The van der Waals surface area contributed by atoms with Gasteiger partial charge in [0.1, 0.15) is 5.82 Å². The van der Waals surface area contributed by atoms with E-state index in [9.17, 15) is 9.59 Å². The third-order valence-electron chi connectivity index (χ3n) is 6.71. The zero-order chi connectivity index (χ0) is 19.7. The predicted molar refractivity (Wildman–Crippen MR) is 106 cm³/mol.